The molecule has 0 spiro atoms. The molecule has 0 aliphatic carbocycles. The van der Waals surface area contributed by atoms with Crippen LogP contribution in [0.3, 0.4) is 0 Å². The predicted molar refractivity (Wildman–Crippen MR) is 300 cm³/mol. The summed E-state index contributed by atoms with van der Waals surface area (Å²) in [5, 5.41) is 54.6. The van der Waals surface area contributed by atoms with Crippen LogP contribution in [-0.4, -0.2) is 87.5 Å². The summed E-state index contributed by atoms with van der Waals surface area (Å²) in [5.41, 5.74) is 0. The zero-order valence-corrected chi connectivity index (χ0v) is 46.5. The van der Waals surface area contributed by atoms with Crippen molar-refractivity contribution >= 4 is 5.91 Å². The molecule has 1 saturated heterocycles. The van der Waals surface area contributed by atoms with Crippen molar-refractivity contribution < 1.29 is 39.8 Å². The molecule has 0 aromatic heterocycles. The zero-order valence-electron chi connectivity index (χ0n) is 46.5. The number of hydrogen-bond donors (Lipinski definition) is 6. The van der Waals surface area contributed by atoms with E-state index in [1.807, 2.05) is 6.08 Å². The molecule has 0 aromatic rings. The van der Waals surface area contributed by atoms with Gasteiger partial charge in [0.1, 0.15) is 24.4 Å². The number of hydrogen-bond acceptors (Lipinski definition) is 8. The standard InChI is InChI=1S/C62H117NO8/c1-3-5-7-9-11-13-15-17-19-21-23-25-27-28-30-31-33-35-37-39-41-43-45-47-49-51-56(65)55(54-70-62-61(69)60(68)59(67)57(53-64)71-62)63-58(66)52-50-48-46-44-42-40-38-36-34-32-29-26-24-22-20-18-16-14-12-10-8-6-4-2/h22,24,41,43,49,51,55-57,59-62,64-65,67-69H,3-21,23,25-40,42,44-48,50,52-54H2,1-2H3,(H,63,66)/b24-22-,43-41+,51-49+. The minimum atomic E-state index is -1.57. The van der Waals surface area contributed by atoms with E-state index in [1.54, 1.807) is 6.08 Å². The molecule has 6 N–H and O–H groups in total. The third kappa shape index (κ3) is 41.4. The molecular formula is C62H117NO8. The van der Waals surface area contributed by atoms with Gasteiger partial charge in [0, 0.05) is 6.42 Å². The molecule has 1 rings (SSSR count). The maximum atomic E-state index is 13.1. The molecule has 7 atom stereocenters. The Morgan fingerprint density at radius 2 is 0.803 bits per heavy atom. The number of amides is 1. The van der Waals surface area contributed by atoms with Gasteiger partial charge in [-0.15, -0.1) is 0 Å². The number of ether oxygens (including phenoxy) is 2. The van der Waals surface area contributed by atoms with Crippen LogP contribution in [0.5, 0.6) is 0 Å². The first-order valence-corrected chi connectivity index (χ1v) is 30.7. The predicted octanol–water partition coefficient (Wildman–Crippen LogP) is 15.5. The molecule has 71 heavy (non-hydrogen) atoms. The van der Waals surface area contributed by atoms with E-state index in [1.165, 1.54) is 238 Å². The Balaban J connectivity index is 2.22. The van der Waals surface area contributed by atoms with Gasteiger partial charge in [-0.25, -0.2) is 0 Å². The third-order valence-electron chi connectivity index (χ3n) is 14.7. The molecule has 0 bridgehead atoms. The molecule has 418 valence electrons. The fraction of sp³-hybridized carbons (Fsp3) is 0.887. The van der Waals surface area contributed by atoms with Gasteiger partial charge in [-0.05, 0) is 57.8 Å². The van der Waals surface area contributed by atoms with Gasteiger partial charge < -0.3 is 40.3 Å². The third-order valence-corrected chi connectivity index (χ3v) is 14.7. The molecule has 7 unspecified atom stereocenters. The molecule has 0 radical (unpaired) electrons. The largest absolute Gasteiger partial charge is 0.394 e. The Labute approximate surface area is 438 Å². The highest BCUT2D eigenvalue weighted by Crippen LogP contribution is 2.23. The van der Waals surface area contributed by atoms with Crippen molar-refractivity contribution in [1.82, 2.24) is 5.32 Å². The number of carbonyl (C=O) groups excluding carboxylic acids is 1. The summed E-state index contributed by atoms with van der Waals surface area (Å²) >= 11 is 0. The quantitative estimate of drug-likeness (QED) is 0.0261. The van der Waals surface area contributed by atoms with Crippen molar-refractivity contribution in [2.24, 2.45) is 0 Å². The maximum absolute atomic E-state index is 13.1. The minimum Gasteiger partial charge on any atom is -0.394 e. The second-order valence-electron chi connectivity index (χ2n) is 21.5. The summed E-state index contributed by atoms with van der Waals surface area (Å²) < 4.78 is 11.3. The van der Waals surface area contributed by atoms with Gasteiger partial charge in [0.25, 0.3) is 0 Å². The second kappa shape index (κ2) is 51.9. The van der Waals surface area contributed by atoms with E-state index in [0.29, 0.717) is 6.42 Å². The van der Waals surface area contributed by atoms with Gasteiger partial charge in [-0.2, -0.15) is 0 Å². The van der Waals surface area contributed by atoms with Gasteiger partial charge >= 0.3 is 0 Å². The SMILES string of the molecule is CCCCCCCCCC/C=C\CCCCCCCCCCCCCC(=O)NC(COC1OC(CO)C(O)C(O)C1O)C(O)/C=C/CC/C=C/CCCCCCCCCCCCCCCCCCCCC. The summed E-state index contributed by atoms with van der Waals surface area (Å²) in [6.45, 7) is 3.80. The van der Waals surface area contributed by atoms with Crippen LogP contribution in [0.25, 0.3) is 0 Å². The number of aliphatic hydroxyl groups is 5. The van der Waals surface area contributed by atoms with Crippen molar-refractivity contribution in [3.05, 3.63) is 36.5 Å². The Kier molecular flexibility index (Phi) is 49.3. The van der Waals surface area contributed by atoms with E-state index in [0.717, 1.165) is 38.5 Å². The number of unbranched alkanes of at least 4 members (excludes halogenated alkanes) is 39. The van der Waals surface area contributed by atoms with Crippen molar-refractivity contribution in [3.8, 4) is 0 Å². The normalized spacial score (nSPS) is 19.5. The number of rotatable bonds is 53. The Morgan fingerprint density at radius 1 is 0.465 bits per heavy atom. The van der Waals surface area contributed by atoms with E-state index in [4.69, 9.17) is 9.47 Å². The lowest BCUT2D eigenvalue weighted by molar-refractivity contribution is -0.302. The molecule has 1 aliphatic heterocycles. The van der Waals surface area contributed by atoms with E-state index in [-0.39, 0.29) is 12.5 Å². The van der Waals surface area contributed by atoms with Crippen LogP contribution in [0.4, 0.5) is 0 Å². The first-order chi connectivity index (χ1) is 34.8. The summed E-state index contributed by atoms with van der Waals surface area (Å²) in [4.78, 5) is 13.1. The van der Waals surface area contributed by atoms with E-state index >= 15 is 0 Å². The van der Waals surface area contributed by atoms with Crippen molar-refractivity contribution in [2.45, 2.75) is 339 Å². The number of carbonyl (C=O) groups is 1. The Bertz CT molecular complexity index is 1210. The average molecular weight is 1000 g/mol. The van der Waals surface area contributed by atoms with Crippen molar-refractivity contribution in [2.75, 3.05) is 13.2 Å². The molecule has 1 aliphatic rings. The highest BCUT2D eigenvalue weighted by Gasteiger charge is 2.44. The van der Waals surface area contributed by atoms with Crippen LogP contribution in [-0.2, 0) is 14.3 Å². The highest BCUT2D eigenvalue weighted by molar-refractivity contribution is 5.76. The van der Waals surface area contributed by atoms with Gasteiger partial charge in [-0.1, -0.05) is 269 Å². The van der Waals surface area contributed by atoms with Crippen molar-refractivity contribution in [1.29, 1.82) is 0 Å². The first kappa shape index (κ1) is 67.4. The summed E-state index contributed by atoms with van der Waals surface area (Å²) in [7, 11) is 0. The topological polar surface area (TPSA) is 149 Å². The summed E-state index contributed by atoms with van der Waals surface area (Å²) in [6, 6.07) is -0.822. The molecule has 1 fully saturated rings. The van der Waals surface area contributed by atoms with E-state index < -0.39 is 49.5 Å². The van der Waals surface area contributed by atoms with E-state index in [2.05, 4.69) is 43.5 Å². The van der Waals surface area contributed by atoms with Gasteiger partial charge in [0.15, 0.2) is 6.29 Å². The number of allylic oxidation sites excluding steroid dienone is 5. The second-order valence-corrected chi connectivity index (χ2v) is 21.5. The average Bonchev–Trinajstić information content (AvgIpc) is 3.37. The Hall–Kier alpha value is -1.59. The number of aliphatic hydroxyl groups excluding tert-OH is 5. The lowest BCUT2D eigenvalue weighted by atomic mass is 9.99. The summed E-state index contributed by atoms with van der Waals surface area (Å²) in [5.74, 6) is -0.184. The lowest BCUT2D eigenvalue weighted by Crippen LogP contribution is -2.60. The van der Waals surface area contributed by atoms with Gasteiger partial charge in [-0.3, -0.25) is 4.79 Å². The molecule has 9 heteroatoms. The zero-order chi connectivity index (χ0) is 51.5. The van der Waals surface area contributed by atoms with Crippen LogP contribution in [0.2, 0.25) is 0 Å². The van der Waals surface area contributed by atoms with E-state index in [9.17, 15) is 30.3 Å². The maximum Gasteiger partial charge on any atom is 0.220 e. The fourth-order valence-electron chi connectivity index (χ4n) is 9.82. The monoisotopic (exact) mass is 1000 g/mol. The molecule has 1 amide bonds. The minimum absolute atomic E-state index is 0.184. The van der Waals surface area contributed by atoms with Crippen LogP contribution in [0.1, 0.15) is 296 Å². The molecule has 0 aromatic carbocycles. The first-order valence-electron chi connectivity index (χ1n) is 30.7. The summed E-state index contributed by atoms with van der Waals surface area (Å²) in [6.07, 6.45) is 60.8. The fourth-order valence-corrected chi connectivity index (χ4v) is 9.82. The van der Waals surface area contributed by atoms with Crippen LogP contribution >= 0.6 is 0 Å². The van der Waals surface area contributed by atoms with Crippen LogP contribution < -0.4 is 5.32 Å². The molecule has 1 heterocycles. The molecule has 0 saturated carbocycles. The molecular weight excluding hydrogens is 887 g/mol. The van der Waals surface area contributed by atoms with Crippen LogP contribution in [0.15, 0.2) is 36.5 Å². The highest BCUT2D eigenvalue weighted by atomic mass is 16.7. The molecule has 9 nitrogen and oxygen atoms in total. The van der Waals surface area contributed by atoms with Gasteiger partial charge in [0.2, 0.25) is 5.91 Å². The van der Waals surface area contributed by atoms with Crippen molar-refractivity contribution in [3.63, 3.8) is 0 Å². The Morgan fingerprint density at radius 3 is 1.18 bits per heavy atom. The number of nitrogens with one attached hydrogen (secondary N) is 1. The lowest BCUT2D eigenvalue weighted by Gasteiger charge is -2.40. The van der Waals surface area contributed by atoms with Gasteiger partial charge in [0.05, 0.1) is 25.4 Å². The van der Waals surface area contributed by atoms with Crippen LogP contribution in [0, 0.1) is 0 Å². The smallest absolute Gasteiger partial charge is 0.220 e.